The van der Waals surface area contributed by atoms with Crippen LogP contribution in [0, 0.1) is 6.92 Å². The van der Waals surface area contributed by atoms with Crippen LogP contribution in [0.2, 0.25) is 0 Å². The highest BCUT2D eigenvalue weighted by Crippen LogP contribution is 2.22. The molecule has 3 aromatic rings. The van der Waals surface area contributed by atoms with E-state index < -0.39 is 0 Å². The zero-order valence-corrected chi connectivity index (χ0v) is 20.1. The zero-order chi connectivity index (χ0) is 22.8. The van der Waals surface area contributed by atoms with Gasteiger partial charge in [-0.15, -0.1) is 0 Å². The first-order valence-electron chi connectivity index (χ1n) is 12.4. The summed E-state index contributed by atoms with van der Waals surface area (Å²) in [5.74, 6) is 0.991. The molecule has 1 heterocycles. The van der Waals surface area contributed by atoms with Gasteiger partial charge in [0.05, 0.1) is 23.5 Å². The summed E-state index contributed by atoms with van der Waals surface area (Å²) in [7, 11) is 0. The van der Waals surface area contributed by atoms with E-state index in [0.717, 1.165) is 41.0 Å². The van der Waals surface area contributed by atoms with Gasteiger partial charge in [0.15, 0.2) is 0 Å². The maximum absolute atomic E-state index is 12.7. The van der Waals surface area contributed by atoms with E-state index in [-0.39, 0.29) is 11.9 Å². The first-order valence-corrected chi connectivity index (χ1v) is 12.4. The van der Waals surface area contributed by atoms with Crippen LogP contribution in [0.4, 0.5) is 0 Å². The summed E-state index contributed by atoms with van der Waals surface area (Å²) in [4.78, 5) is 17.6. The molecule has 3 rings (SSSR count). The molecule has 0 fully saturated rings. The number of amides is 1. The summed E-state index contributed by atoms with van der Waals surface area (Å²) in [6.45, 7) is 7.30. The van der Waals surface area contributed by atoms with Crippen LogP contribution in [0.25, 0.3) is 11.0 Å². The molecule has 1 amide bonds. The van der Waals surface area contributed by atoms with Crippen molar-refractivity contribution in [1.29, 1.82) is 0 Å². The lowest BCUT2D eigenvalue weighted by Gasteiger charge is -2.17. The number of nitrogens with one attached hydrogen (secondary N) is 1. The van der Waals surface area contributed by atoms with Gasteiger partial charge in [0.2, 0.25) is 5.91 Å². The van der Waals surface area contributed by atoms with Gasteiger partial charge in [0.1, 0.15) is 5.82 Å². The predicted octanol–water partition coefficient (Wildman–Crippen LogP) is 6.91. The van der Waals surface area contributed by atoms with Gasteiger partial charge < -0.3 is 9.88 Å². The molecule has 1 N–H and O–H groups in total. The van der Waals surface area contributed by atoms with Crippen molar-refractivity contribution in [3.8, 4) is 0 Å². The van der Waals surface area contributed by atoms with Crippen LogP contribution >= 0.6 is 0 Å². The third kappa shape index (κ3) is 6.69. The summed E-state index contributed by atoms with van der Waals surface area (Å²) in [5.41, 5.74) is 4.38. The van der Waals surface area contributed by atoms with Crippen LogP contribution in [0.15, 0.2) is 48.5 Å². The number of imidazole rings is 1. The van der Waals surface area contributed by atoms with E-state index >= 15 is 0 Å². The molecular weight excluding hydrogens is 394 g/mol. The van der Waals surface area contributed by atoms with Crippen molar-refractivity contribution in [2.24, 2.45) is 0 Å². The fourth-order valence-corrected chi connectivity index (χ4v) is 4.40. The number of aromatic nitrogens is 2. The van der Waals surface area contributed by atoms with Crippen molar-refractivity contribution >= 4 is 16.9 Å². The number of unbranched alkanes of at least 4 members (excludes halogenated alkanes) is 7. The minimum atomic E-state index is -0.132. The monoisotopic (exact) mass is 433 g/mol. The molecule has 0 bridgehead atoms. The Morgan fingerprint density at radius 3 is 2.34 bits per heavy atom. The molecule has 0 aliphatic heterocycles. The maximum atomic E-state index is 12.7. The molecule has 4 heteroatoms. The highest BCUT2D eigenvalue weighted by molar-refractivity contribution is 5.80. The minimum absolute atomic E-state index is 0.0393. The van der Waals surface area contributed by atoms with E-state index in [4.69, 9.17) is 4.98 Å². The molecule has 1 aromatic heterocycles. The van der Waals surface area contributed by atoms with E-state index in [1.165, 1.54) is 44.9 Å². The average Bonchev–Trinajstić information content (AvgIpc) is 3.16. The molecule has 0 aliphatic carbocycles. The summed E-state index contributed by atoms with van der Waals surface area (Å²) in [6.07, 6.45) is 10.8. The maximum Gasteiger partial charge on any atom is 0.225 e. The summed E-state index contributed by atoms with van der Waals surface area (Å²) in [5, 5.41) is 3.18. The fourth-order valence-electron chi connectivity index (χ4n) is 4.40. The molecule has 0 saturated heterocycles. The Balaban J connectivity index is 1.61. The second kappa shape index (κ2) is 12.4. The van der Waals surface area contributed by atoms with Gasteiger partial charge in [-0.1, -0.05) is 88.3 Å². The second-order valence-electron chi connectivity index (χ2n) is 8.98. The van der Waals surface area contributed by atoms with Gasteiger partial charge in [0.25, 0.3) is 0 Å². The van der Waals surface area contributed by atoms with Crippen molar-refractivity contribution < 1.29 is 4.79 Å². The third-order valence-corrected chi connectivity index (χ3v) is 6.30. The number of para-hydroxylation sites is 2. The van der Waals surface area contributed by atoms with Crippen molar-refractivity contribution in [1.82, 2.24) is 14.9 Å². The quantitative estimate of drug-likeness (QED) is 0.298. The number of fused-ring (bicyclic) bond motifs is 1. The van der Waals surface area contributed by atoms with Crippen LogP contribution in [0.5, 0.6) is 0 Å². The largest absolute Gasteiger partial charge is 0.346 e. The molecule has 4 nitrogen and oxygen atoms in total. The molecule has 0 radical (unpaired) electrons. The summed E-state index contributed by atoms with van der Waals surface area (Å²) in [6, 6.07) is 16.2. The van der Waals surface area contributed by atoms with Crippen molar-refractivity contribution in [2.75, 3.05) is 0 Å². The Morgan fingerprint density at radius 1 is 0.938 bits per heavy atom. The number of carbonyl (C=O) groups is 1. The molecule has 0 saturated carbocycles. The zero-order valence-electron chi connectivity index (χ0n) is 20.1. The molecular formula is C28H39N3O. The van der Waals surface area contributed by atoms with Gasteiger partial charge >= 0.3 is 0 Å². The predicted molar refractivity (Wildman–Crippen MR) is 134 cm³/mol. The third-order valence-electron chi connectivity index (χ3n) is 6.30. The number of nitrogens with zero attached hydrogens (tertiary/aromatic N) is 2. The van der Waals surface area contributed by atoms with Gasteiger partial charge in [-0.3, -0.25) is 4.79 Å². The topological polar surface area (TPSA) is 46.9 Å². The number of hydrogen-bond donors (Lipinski definition) is 1. The number of aryl methyl sites for hydroxylation is 2. The smallest absolute Gasteiger partial charge is 0.225 e. The van der Waals surface area contributed by atoms with E-state index in [2.05, 4.69) is 48.0 Å². The minimum Gasteiger partial charge on any atom is -0.346 e. The Morgan fingerprint density at radius 2 is 1.59 bits per heavy atom. The normalized spacial score (nSPS) is 12.2. The van der Waals surface area contributed by atoms with Crippen LogP contribution in [0.3, 0.4) is 0 Å². The lowest BCUT2D eigenvalue weighted by molar-refractivity contribution is -0.121. The van der Waals surface area contributed by atoms with Gasteiger partial charge in [-0.25, -0.2) is 4.98 Å². The number of carbonyl (C=O) groups excluding carboxylic acids is 1. The molecule has 2 aromatic carbocycles. The van der Waals surface area contributed by atoms with E-state index in [1.54, 1.807) is 0 Å². The van der Waals surface area contributed by atoms with Crippen molar-refractivity contribution in [3.63, 3.8) is 0 Å². The van der Waals surface area contributed by atoms with Gasteiger partial charge in [0, 0.05) is 6.54 Å². The molecule has 0 spiro atoms. The van der Waals surface area contributed by atoms with Crippen molar-refractivity contribution in [2.45, 2.75) is 91.1 Å². The van der Waals surface area contributed by atoms with Crippen LogP contribution in [-0.2, 0) is 17.8 Å². The Bertz CT molecular complexity index is 991. The Labute approximate surface area is 193 Å². The van der Waals surface area contributed by atoms with Gasteiger partial charge in [-0.2, -0.15) is 0 Å². The van der Waals surface area contributed by atoms with E-state index in [9.17, 15) is 4.79 Å². The van der Waals surface area contributed by atoms with Gasteiger partial charge in [-0.05, 0) is 43.5 Å². The van der Waals surface area contributed by atoms with Crippen LogP contribution < -0.4 is 5.32 Å². The molecule has 1 atom stereocenters. The lowest BCUT2D eigenvalue weighted by atomic mass is 10.1. The molecule has 32 heavy (non-hydrogen) atoms. The molecule has 172 valence electrons. The summed E-state index contributed by atoms with van der Waals surface area (Å²) < 4.78 is 2.31. The Hall–Kier alpha value is -2.62. The molecule has 0 aliphatic rings. The van der Waals surface area contributed by atoms with E-state index in [0.29, 0.717) is 6.42 Å². The van der Waals surface area contributed by atoms with Crippen LogP contribution in [0.1, 0.15) is 88.2 Å². The number of rotatable bonds is 13. The fraction of sp³-hybridized carbons (Fsp3) is 0.500. The number of hydrogen-bond acceptors (Lipinski definition) is 2. The van der Waals surface area contributed by atoms with Crippen LogP contribution in [-0.4, -0.2) is 15.5 Å². The summed E-state index contributed by atoms with van der Waals surface area (Å²) >= 11 is 0. The Kier molecular flexibility index (Phi) is 9.33. The lowest BCUT2D eigenvalue weighted by Crippen LogP contribution is -2.30. The first kappa shape index (κ1) is 24.0. The van der Waals surface area contributed by atoms with E-state index in [1.807, 2.05) is 31.2 Å². The second-order valence-corrected chi connectivity index (χ2v) is 8.98. The highest BCUT2D eigenvalue weighted by atomic mass is 16.1. The SMILES string of the molecule is CCCCCCCCCCn1c(C(C)NC(=O)Cc2ccccc2C)nc2ccccc21. The highest BCUT2D eigenvalue weighted by Gasteiger charge is 2.18. The first-order chi connectivity index (χ1) is 15.6. The number of benzene rings is 2. The van der Waals surface area contributed by atoms with Crippen molar-refractivity contribution in [3.05, 3.63) is 65.5 Å². The molecule has 1 unspecified atom stereocenters. The average molecular weight is 434 g/mol. The standard InChI is InChI=1S/C28H39N3O/c1-4-5-6-7-8-9-10-15-20-31-26-19-14-13-18-25(26)30-28(31)23(3)29-27(32)21-24-17-12-11-16-22(24)2/h11-14,16-19,23H,4-10,15,20-21H2,1-3H3,(H,29,32).